The number of para-hydroxylation sites is 1. The zero-order valence-corrected chi connectivity index (χ0v) is 21.6. The van der Waals surface area contributed by atoms with Gasteiger partial charge >= 0.3 is 12.6 Å². The number of alkyl halides is 2. The maximum Gasteiger partial charge on any atom is 0.387 e. The first-order chi connectivity index (χ1) is 16.3. The highest BCUT2D eigenvalue weighted by Crippen LogP contribution is 2.55. The van der Waals surface area contributed by atoms with E-state index in [-0.39, 0.29) is 17.5 Å². The largest absolute Gasteiger partial charge is 0.432 e. The van der Waals surface area contributed by atoms with E-state index < -0.39 is 43.5 Å². The van der Waals surface area contributed by atoms with E-state index in [1.165, 1.54) is 11.0 Å². The van der Waals surface area contributed by atoms with E-state index in [9.17, 15) is 22.8 Å². The van der Waals surface area contributed by atoms with Crippen molar-refractivity contribution in [2.45, 2.75) is 69.9 Å². The van der Waals surface area contributed by atoms with E-state index in [1.54, 1.807) is 0 Å². The number of carbonyl (C=O) groups excluding carboxylic acids is 2. The van der Waals surface area contributed by atoms with Gasteiger partial charge in [0.15, 0.2) is 11.6 Å². The fourth-order valence-electron chi connectivity index (χ4n) is 5.25. The monoisotopic (exact) mass is 508 g/mol. The molecule has 0 aromatic heterocycles. The van der Waals surface area contributed by atoms with Crippen LogP contribution in [0.2, 0.25) is 24.7 Å². The topological polar surface area (TPSA) is 83.0 Å². The van der Waals surface area contributed by atoms with Crippen molar-refractivity contribution in [3.63, 3.8) is 0 Å². The predicted octanol–water partition coefficient (Wildman–Crippen LogP) is 5.14. The van der Waals surface area contributed by atoms with Crippen LogP contribution in [0, 0.1) is 5.82 Å². The van der Waals surface area contributed by atoms with Crippen LogP contribution in [0.1, 0.15) is 33.1 Å². The second-order valence-corrected chi connectivity index (χ2v) is 16.3. The van der Waals surface area contributed by atoms with E-state index in [0.29, 0.717) is 12.4 Å². The second kappa shape index (κ2) is 8.68. The van der Waals surface area contributed by atoms with E-state index >= 15 is 0 Å². The number of hydrogen-bond donors (Lipinski definition) is 2. The van der Waals surface area contributed by atoms with Gasteiger partial charge in [-0.2, -0.15) is 8.78 Å². The number of hydrogen-bond acceptors (Lipinski definition) is 4. The Balaban J connectivity index is 1.52. The van der Waals surface area contributed by atoms with Crippen LogP contribution in [0.4, 0.5) is 23.7 Å². The molecule has 2 N–H and O–H groups in total. The van der Waals surface area contributed by atoms with Crippen molar-refractivity contribution in [1.29, 1.82) is 0 Å². The minimum Gasteiger partial charge on any atom is -0.432 e. The normalized spacial score (nSPS) is 20.4. The van der Waals surface area contributed by atoms with Gasteiger partial charge in [-0.1, -0.05) is 32.1 Å². The number of urea groups is 1. The van der Waals surface area contributed by atoms with Gasteiger partial charge in [0.2, 0.25) is 5.91 Å². The lowest BCUT2D eigenvalue weighted by Gasteiger charge is -2.49. The first-order valence-electron chi connectivity index (χ1n) is 11.7. The average molecular weight is 509 g/mol. The summed E-state index contributed by atoms with van der Waals surface area (Å²) < 4.78 is 44.3. The van der Waals surface area contributed by atoms with Gasteiger partial charge in [-0.25, -0.2) is 9.18 Å². The van der Waals surface area contributed by atoms with Crippen molar-refractivity contribution in [2.24, 2.45) is 4.99 Å². The van der Waals surface area contributed by atoms with E-state index in [2.05, 4.69) is 40.0 Å². The van der Waals surface area contributed by atoms with Crippen LogP contribution >= 0.6 is 0 Å². The molecule has 0 saturated heterocycles. The Bertz CT molecular complexity index is 1120. The molecule has 1 fully saturated rings. The van der Waals surface area contributed by atoms with Crippen molar-refractivity contribution in [3.05, 3.63) is 35.2 Å². The molecule has 7 nitrogen and oxygen atoms in total. The van der Waals surface area contributed by atoms with Crippen LogP contribution in [-0.4, -0.2) is 56.0 Å². The Hall–Kier alpha value is -2.82. The van der Waals surface area contributed by atoms with E-state index in [0.717, 1.165) is 42.5 Å². The Morgan fingerprint density at radius 2 is 1.86 bits per heavy atom. The van der Waals surface area contributed by atoms with Crippen LogP contribution < -0.4 is 15.4 Å². The van der Waals surface area contributed by atoms with Gasteiger partial charge < -0.3 is 20.3 Å². The standard InChI is InChI=1S/C24H31F3N4O3Si/c1-23(2)15-12-28-19(30-20(32)24(10-7-11-24)35(3,4)5)14(15)13-31(23)22(33)29-18-16(25)8-6-9-17(18)34-21(26)27/h6,8-9,21H,7,10-13H2,1-5H3,(H,29,33)(H,28,30,32). The highest BCUT2D eigenvalue weighted by molar-refractivity contribution is 6.82. The SMILES string of the molecule is CC1(C)C2=C(CN1C(=O)Nc1c(F)cccc1OC(F)F)C(NC(=O)C1([Si](C)(C)C)CCC1)=NC2. The number of halogens is 3. The molecule has 190 valence electrons. The molecule has 0 radical (unpaired) electrons. The van der Waals surface area contributed by atoms with Crippen LogP contribution in [0.25, 0.3) is 0 Å². The molecule has 0 unspecified atom stereocenters. The molecule has 11 heteroatoms. The molecule has 1 saturated carbocycles. The minimum absolute atomic E-state index is 0.00345. The lowest BCUT2D eigenvalue weighted by atomic mass is 9.83. The summed E-state index contributed by atoms with van der Waals surface area (Å²) in [6, 6.07) is 2.76. The zero-order valence-electron chi connectivity index (χ0n) is 20.6. The van der Waals surface area contributed by atoms with Gasteiger partial charge in [0.1, 0.15) is 11.5 Å². The summed E-state index contributed by atoms with van der Waals surface area (Å²) in [4.78, 5) is 32.5. The molecule has 1 aromatic rings. The third-order valence-corrected chi connectivity index (χ3v) is 11.4. The Labute approximate surface area is 203 Å². The van der Waals surface area contributed by atoms with Gasteiger partial charge in [-0.15, -0.1) is 0 Å². The molecule has 0 spiro atoms. The highest BCUT2D eigenvalue weighted by Gasteiger charge is 2.54. The molecular weight excluding hydrogens is 477 g/mol. The molecule has 2 aliphatic heterocycles. The predicted molar refractivity (Wildman–Crippen MR) is 130 cm³/mol. The van der Waals surface area contributed by atoms with Crippen molar-refractivity contribution in [1.82, 2.24) is 10.2 Å². The van der Waals surface area contributed by atoms with Gasteiger partial charge in [0, 0.05) is 10.6 Å². The fourth-order valence-corrected chi connectivity index (χ4v) is 7.85. The van der Waals surface area contributed by atoms with Gasteiger partial charge in [0.05, 0.1) is 26.7 Å². The third-order valence-electron chi connectivity index (χ3n) is 7.75. The highest BCUT2D eigenvalue weighted by atomic mass is 28.3. The lowest BCUT2D eigenvalue weighted by Crippen LogP contribution is -2.55. The third kappa shape index (κ3) is 4.23. The van der Waals surface area contributed by atoms with E-state index in [1.807, 2.05) is 13.8 Å². The molecule has 3 aliphatic rings. The number of rotatable bonds is 5. The number of ether oxygens (including phenoxy) is 1. The zero-order chi connectivity index (χ0) is 25.8. The number of carbonyl (C=O) groups is 2. The number of nitrogens with one attached hydrogen (secondary N) is 2. The summed E-state index contributed by atoms with van der Waals surface area (Å²) in [5, 5.41) is 5.12. The van der Waals surface area contributed by atoms with Crippen LogP contribution in [0.5, 0.6) is 5.75 Å². The molecule has 0 atom stereocenters. The number of anilines is 1. The Kier molecular flexibility index (Phi) is 6.27. The molecule has 35 heavy (non-hydrogen) atoms. The molecule has 2 heterocycles. The van der Waals surface area contributed by atoms with Crippen LogP contribution in [0.3, 0.4) is 0 Å². The summed E-state index contributed by atoms with van der Waals surface area (Å²) in [6.45, 7) is 7.59. The van der Waals surface area contributed by atoms with Crippen molar-refractivity contribution in [2.75, 3.05) is 18.4 Å². The second-order valence-electron chi connectivity index (χ2n) is 10.8. The quantitative estimate of drug-likeness (QED) is 0.541. The molecule has 1 aliphatic carbocycles. The summed E-state index contributed by atoms with van der Waals surface area (Å²) >= 11 is 0. The number of aliphatic imine (C=N–C) groups is 1. The number of nitrogens with zero attached hydrogens (tertiary/aromatic N) is 2. The van der Waals surface area contributed by atoms with Gasteiger partial charge in [-0.05, 0) is 44.4 Å². The number of benzene rings is 1. The lowest BCUT2D eigenvalue weighted by molar-refractivity contribution is -0.125. The number of amides is 3. The molecule has 3 amide bonds. The maximum atomic E-state index is 14.4. The van der Waals surface area contributed by atoms with Gasteiger partial charge in [-0.3, -0.25) is 9.79 Å². The van der Waals surface area contributed by atoms with Crippen molar-refractivity contribution < 1.29 is 27.5 Å². The Morgan fingerprint density at radius 3 is 2.43 bits per heavy atom. The molecule has 0 bridgehead atoms. The smallest absolute Gasteiger partial charge is 0.387 e. The van der Waals surface area contributed by atoms with Crippen molar-refractivity contribution >= 4 is 31.5 Å². The fraction of sp³-hybridized carbons (Fsp3) is 0.542. The molecule has 4 rings (SSSR count). The first-order valence-corrected chi connectivity index (χ1v) is 15.2. The Morgan fingerprint density at radius 1 is 1.17 bits per heavy atom. The average Bonchev–Trinajstić information content (AvgIpc) is 3.20. The summed E-state index contributed by atoms with van der Waals surface area (Å²) in [6.07, 6.45) is 2.78. The van der Waals surface area contributed by atoms with Gasteiger partial charge in [0.25, 0.3) is 0 Å². The van der Waals surface area contributed by atoms with Crippen LogP contribution in [-0.2, 0) is 4.79 Å². The maximum absolute atomic E-state index is 14.4. The summed E-state index contributed by atoms with van der Waals surface area (Å²) in [5.74, 6) is -0.875. The summed E-state index contributed by atoms with van der Waals surface area (Å²) in [7, 11) is -1.78. The minimum atomic E-state index is -3.17. The first kappa shape index (κ1) is 25.3. The molecule has 1 aromatic carbocycles. The van der Waals surface area contributed by atoms with E-state index in [4.69, 9.17) is 0 Å². The number of amidine groups is 1. The summed E-state index contributed by atoms with van der Waals surface area (Å²) in [5.41, 5.74) is 0.416. The molecular formula is C24H31F3N4O3Si. The van der Waals surface area contributed by atoms with Crippen LogP contribution in [0.15, 0.2) is 34.3 Å². The van der Waals surface area contributed by atoms with Crippen molar-refractivity contribution in [3.8, 4) is 5.75 Å².